The van der Waals surface area contributed by atoms with Crippen LogP contribution in [0.25, 0.3) is 0 Å². The van der Waals surface area contributed by atoms with Gasteiger partial charge in [-0.15, -0.1) is 0 Å². The van der Waals surface area contributed by atoms with Crippen molar-refractivity contribution in [1.82, 2.24) is 0 Å². The molecule has 2 atom stereocenters. The normalized spacial score (nSPS) is 14.7. The molecule has 0 bridgehead atoms. The van der Waals surface area contributed by atoms with E-state index in [-0.39, 0.29) is 0 Å². The predicted molar refractivity (Wildman–Crippen MR) is 63.0 cm³/mol. The average molecular weight is 256 g/mol. The van der Waals surface area contributed by atoms with Crippen LogP contribution in [0.1, 0.15) is 19.4 Å². The van der Waals surface area contributed by atoms with Gasteiger partial charge in [-0.25, -0.2) is 9.59 Å². The summed E-state index contributed by atoms with van der Waals surface area (Å²) in [4.78, 5) is 20.0. The minimum atomic E-state index is -1.79. The molecule has 6 heteroatoms. The minimum Gasteiger partial charge on any atom is -0.479 e. The maximum atomic E-state index is 10.6. The van der Waals surface area contributed by atoms with Crippen LogP contribution in [-0.2, 0) is 15.2 Å². The Morgan fingerprint density at radius 2 is 1.56 bits per heavy atom. The van der Waals surface area contributed by atoms with Crippen molar-refractivity contribution in [2.75, 3.05) is 0 Å². The van der Waals surface area contributed by atoms with E-state index in [1.165, 1.54) is 13.8 Å². The fourth-order valence-corrected chi connectivity index (χ4v) is 0.886. The molecule has 1 rings (SSSR count). The zero-order valence-electron chi connectivity index (χ0n) is 10.1. The van der Waals surface area contributed by atoms with Crippen molar-refractivity contribution >= 4 is 11.9 Å². The second-order valence-electron chi connectivity index (χ2n) is 3.76. The third kappa shape index (κ3) is 4.94. The van der Waals surface area contributed by atoms with Gasteiger partial charge in [-0.3, -0.25) is 0 Å². The first-order valence-corrected chi connectivity index (χ1v) is 5.11. The molecule has 0 amide bonds. The van der Waals surface area contributed by atoms with Crippen molar-refractivity contribution in [3.8, 4) is 0 Å². The number of hydrogen-bond acceptors (Lipinski definition) is 4. The Hall–Kier alpha value is -1.92. The Morgan fingerprint density at radius 3 is 1.83 bits per heavy atom. The first-order chi connectivity index (χ1) is 8.19. The van der Waals surface area contributed by atoms with E-state index in [4.69, 9.17) is 15.3 Å². The quantitative estimate of drug-likeness (QED) is 0.623. The molecule has 0 fully saturated rings. The summed E-state index contributed by atoms with van der Waals surface area (Å²) in [7, 11) is 0. The second-order valence-corrected chi connectivity index (χ2v) is 3.76. The highest BCUT2D eigenvalue weighted by Gasteiger charge is 2.31. The number of hydrogen-bond donors (Lipinski definition) is 4. The van der Waals surface area contributed by atoms with Gasteiger partial charge < -0.3 is 20.4 Å². The topological polar surface area (TPSA) is 115 Å². The highest BCUT2D eigenvalue weighted by Crippen LogP contribution is 2.19. The second kappa shape index (κ2) is 6.73. The van der Waals surface area contributed by atoms with Crippen LogP contribution in [0.2, 0.25) is 0 Å². The summed E-state index contributed by atoms with van der Waals surface area (Å²) < 4.78 is 0. The summed E-state index contributed by atoms with van der Waals surface area (Å²) in [5, 5.41) is 33.9. The molecule has 0 saturated carbocycles. The monoisotopic (exact) mass is 256 g/mol. The lowest BCUT2D eigenvalue weighted by Crippen LogP contribution is -2.31. The van der Waals surface area contributed by atoms with Crippen LogP contribution in [0.4, 0.5) is 0 Å². The molecule has 6 nitrogen and oxygen atoms in total. The van der Waals surface area contributed by atoms with Gasteiger partial charge in [0.1, 0.15) is 6.10 Å². The molecule has 1 aromatic rings. The molecule has 0 aliphatic carbocycles. The van der Waals surface area contributed by atoms with Crippen LogP contribution in [-0.4, -0.2) is 38.5 Å². The number of carboxylic acids is 2. The third-order valence-electron chi connectivity index (χ3n) is 2.11. The van der Waals surface area contributed by atoms with E-state index >= 15 is 0 Å². The highest BCUT2D eigenvalue weighted by atomic mass is 16.4. The molecular formula is C12H16O6. The standard InChI is InChI=1S/C9H10O3.C3H6O3/c1-9(12,8(10)11)7-5-3-2-4-6-7;1-2(4)3(5)6/h2-6,12H,1H3,(H,10,11);2,4H,1H3,(H,5,6). The molecular weight excluding hydrogens is 240 g/mol. The zero-order valence-corrected chi connectivity index (χ0v) is 10.1. The summed E-state index contributed by atoms with van der Waals surface area (Å²) in [5.41, 5.74) is -1.40. The van der Waals surface area contributed by atoms with Crippen LogP contribution in [0, 0.1) is 0 Å². The summed E-state index contributed by atoms with van der Waals surface area (Å²) in [6.07, 6.45) is -1.23. The lowest BCUT2D eigenvalue weighted by Gasteiger charge is -2.17. The number of carbonyl (C=O) groups is 2. The average Bonchev–Trinajstić information content (AvgIpc) is 2.30. The van der Waals surface area contributed by atoms with Gasteiger partial charge in [0.25, 0.3) is 0 Å². The minimum absolute atomic E-state index is 0.387. The number of aliphatic hydroxyl groups excluding tert-OH is 1. The zero-order chi connectivity index (χ0) is 14.3. The SMILES string of the molecule is CC(O)(C(=O)O)c1ccccc1.CC(O)C(=O)O. The molecule has 100 valence electrons. The Balaban J connectivity index is 0.000000411. The van der Waals surface area contributed by atoms with Crippen LogP contribution >= 0.6 is 0 Å². The lowest BCUT2D eigenvalue weighted by atomic mass is 9.97. The molecule has 0 aliphatic heterocycles. The molecule has 2 unspecified atom stereocenters. The first kappa shape index (κ1) is 16.1. The Kier molecular flexibility index (Phi) is 6.01. The largest absolute Gasteiger partial charge is 0.479 e. The van der Waals surface area contributed by atoms with E-state index in [0.29, 0.717) is 5.56 Å². The number of carboxylic acid groups (broad SMARTS) is 2. The van der Waals surface area contributed by atoms with E-state index in [1.54, 1.807) is 30.3 Å². The van der Waals surface area contributed by atoms with Crippen molar-refractivity contribution in [3.05, 3.63) is 35.9 Å². The van der Waals surface area contributed by atoms with Gasteiger partial charge in [-0.1, -0.05) is 30.3 Å². The molecule has 18 heavy (non-hydrogen) atoms. The molecule has 0 saturated heterocycles. The van der Waals surface area contributed by atoms with Crippen molar-refractivity contribution in [2.45, 2.75) is 25.6 Å². The molecule has 4 N–H and O–H groups in total. The Bertz CT molecular complexity index is 396. The predicted octanol–water partition coefficient (Wildman–Crippen LogP) is 0.430. The van der Waals surface area contributed by atoms with Gasteiger partial charge in [0, 0.05) is 0 Å². The summed E-state index contributed by atoms with van der Waals surface area (Å²) in [6.45, 7) is 2.45. The van der Waals surface area contributed by atoms with E-state index in [0.717, 1.165) is 0 Å². The van der Waals surface area contributed by atoms with Crippen LogP contribution in [0.15, 0.2) is 30.3 Å². The third-order valence-corrected chi connectivity index (χ3v) is 2.11. The Morgan fingerprint density at radius 1 is 1.17 bits per heavy atom. The van der Waals surface area contributed by atoms with Crippen molar-refractivity contribution < 1.29 is 30.0 Å². The highest BCUT2D eigenvalue weighted by molar-refractivity contribution is 5.78. The summed E-state index contributed by atoms with van der Waals surface area (Å²) >= 11 is 0. The number of benzene rings is 1. The fraction of sp³-hybridized carbons (Fsp3) is 0.333. The van der Waals surface area contributed by atoms with Crippen LogP contribution in [0.5, 0.6) is 0 Å². The number of aliphatic carboxylic acids is 2. The van der Waals surface area contributed by atoms with E-state index in [2.05, 4.69) is 0 Å². The lowest BCUT2D eigenvalue weighted by molar-refractivity contribution is -0.157. The van der Waals surface area contributed by atoms with Gasteiger partial charge in [0.2, 0.25) is 0 Å². The summed E-state index contributed by atoms with van der Waals surface area (Å²) in [6, 6.07) is 8.29. The van der Waals surface area contributed by atoms with E-state index < -0.39 is 23.6 Å². The maximum absolute atomic E-state index is 10.6. The maximum Gasteiger partial charge on any atom is 0.340 e. The van der Waals surface area contributed by atoms with Gasteiger partial charge in [0.05, 0.1) is 0 Å². The number of rotatable bonds is 3. The van der Waals surface area contributed by atoms with Crippen molar-refractivity contribution in [2.24, 2.45) is 0 Å². The van der Waals surface area contributed by atoms with E-state index in [9.17, 15) is 14.7 Å². The van der Waals surface area contributed by atoms with Gasteiger partial charge in [0.15, 0.2) is 5.60 Å². The smallest absolute Gasteiger partial charge is 0.340 e. The van der Waals surface area contributed by atoms with Crippen molar-refractivity contribution in [1.29, 1.82) is 0 Å². The molecule has 1 aromatic carbocycles. The molecule has 0 aliphatic rings. The van der Waals surface area contributed by atoms with Crippen molar-refractivity contribution in [3.63, 3.8) is 0 Å². The first-order valence-electron chi connectivity index (χ1n) is 5.11. The van der Waals surface area contributed by atoms with Gasteiger partial charge in [-0.2, -0.15) is 0 Å². The number of aliphatic hydroxyl groups is 2. The van der Waals surface area contributed by atoms with Gasteiger partial charge in [-0.05, 0) is 19.4 Å². The summed E-state index contributed by atoms with van der Waals surface area (Å²) in [5.74, 6) is -2.43. The van der Waals surface area contributed by atoms with Crippen LogP contribution < -0.4 is 0 Å². The van der Waals surface area contributed by atoms with Gasteiger partial charge >= 0.3 is 11.9 Å². The fourth-order valence-electron chi connectivity index (χ4n) is 0.886. The molecule has 0 spiro atoms. The van der Waals surface area contributed by atoms with E-state index in [1.807, 2.05) is 0 Å². The van der Waals surface area contributed by atoms with Crippen LogP contribution in [0.3, 0.4) is 0 Å². The molecule has 0 aromatic heterocycles. The Labute approximate surface area is 104 Å². The molecule has 0 heterocycles. The molecule has 0 radical (unpaired) electrons.